The Morgan fingerprint density at radius 2 is 1.69 bits per heavy atom. The van der Waals surface area contributed by atoms with Crippen molar-refractivity contribution in [1.29, 1.82) is 0 Å². The number of rotatable bonds is 8. The van der Waals surface area contributed by atoms with Crippen molar-refractivity contribution in [3.8, 4) is 0 Å². The number of carbonyl (C=O) groups excluding carboxylic acids is 1. The van der Waals surface area contributed by atoms with Crippen molar-refractivity contribution in [2.75, 3.05) is 11.1 Å². The van der Waals surface area contributed by atoms with E-state index in [0.717, 1.165) is 11.1 Å². The number of halogens is 3. The number of anilines is 1. The molecule has 39 heavy (non-hydrogen) atoms. The lowest BCUT2D eigenvalue weighted by atomic mass is 9.91. The number of carboxylic acids is 1. The van der Waals surface area contributed by atoms with Crippen LogP contribution in [-0.2, 0) is 20.9 Å². The van der Waals surface area contributed by atoms with E-state index in [9.17, 15) is 19.8 Å². The molecule has 2 aromatic carbocycles. The van der Waals surface area contributed by atoms with E-state index >= 15 is 0 Å². The van der Waals surface area contributed by atoms with E-state index in [4.69, 9.17) is 44.3 Å². The first-order valence-corrected chi connectivity index (χ1v) is 14.0. The zero-order chi connectivity index (χ0) is 28.2. The minimum Gasteiger partial charge on any atom is -0.478 e. The van der Waals surface area contributed by atoms with Crippen LogP contribution in [0.25, 0.3) is 0 Å². The maximum atomic E-state index is 12.0. The molecule has 1 aromatic heterocycles. The van der Waals surface area contributed by atoms with Gasteiger partial charge in [-0.15, -0.1) is 11.8 Å². The zero-order valence-electron chi connectivity index (χ0n) is 20.6. The monoisotopic (exact) mass is 610 g/mol. The first-order chi connectivity index (χ1) is 18.6. The van der Waals surface area contributed by atoms with Crippen LogP contribution in [0.5, 0.6) is 0 Å². The molecule has 2 heterocycles. The van der Waals surface area contributed by atoms with E-state index < -0.39 is 22.0 Å². The first-order valence-electron chi connectivity index (χ1n) is 11.9. The molecule has 206 valence electrons. The fourth-order valence-electron chi connectivity index (χ4n) is 4.07. The molecule has 1 aliphatic rings. The summed E-state index contributed by atoms with van der Waals surface area (Å²) < 4.78 is 10.7. The molecular formula is C27H25Cl3N2O6S. The Bertz CT molecular complexity index is 1300. The summed E-state index contributed by atoms with van der Waals surface area (Å²) in [6, 6.07) is 17.4. The predicted molar refractivity (Wildman–Crippen MR) is 150 cm³/mol. The van der Waals surface area contributed by atoms with E-state index in [1.54, 1.807) is 36.5 Å². The van der Waals surface area contributed by atoms with Crippen LogP contribution < -0.4 is 5.32 Å². The minimum atomic E-state index is -2.10. The van der Waals surface area contributed by atoms with Gasteiger partial charge in [0.2, 0.25) is 0 Å². The zero-order valence-corrected chi connectivity index (χ0v) is 23.7. The van der Waals surface area contributed by atoms with Gasteiger partial charge < -0.3 is 25.0 Å². The van der Waals surface area contributed by atoms with Gasteiger partial charge in [0.05, 0.1) is 24.4 Å². The van der Waals surface area contributed by atoms with Crippen LogP contribution in [0.2, 0.25) is 0 Å². The van der Waals surface area contributed by atoms with Crippen molar-refractivity contribution in [3.63, 3.8) is 0 Å². The maximum absolute atomic E-state index is 12.0. The Hall–Kier alpha value is -2.37. The van der Waals surface area contributed by atoms with Gasteiger partial charge >= 0.3 is 5.97 Å². The van der Waals surface area contributed by atoms with Crippen LogP contribution >= 0.6 is 46.6 Å². The quantitative estimate of drug-likeness (QED) is 0.205. The number of hydrogen-bond donors (Lipinski definition) is 3. The number of ether oxygens (including phenoxy) is 2. The molecule has 3 aromatic rings. The van der Waals surface area contributed by atoms with E-state index in [-0.39, 0.29) is 30.3 Å². The topological polar surface area (TPSA) is 118 Å². The summed E-state index contributed by atoms with van der Waals surface area (Å²) in [5.74, 6) is -1.50. The summed E-state index contributed by atoms with van der Waals surface area (Å²) in [7, 11) is 0. The van der Waals surface area contributed by atoms with Gasteiger partial charge in [-0.05, 0) is 35.4 Å². The molecule has 0 radical (unpaired) electrons. The number of nitrogens with one attached hydrogen (secondary N) is 1. The molecule has 0 saturated carbocycles. The number of alkyl halides is 3. The van der Waals surface area contributed by atoms with Crippen LogP contribution in [-0.4, -0.2) is 42.7 Å². The maximum Gasteiger partial charge on any atom is 0.338 e. The lowest BCUT2D eigenvalue weighted by molar-refractivity contribution is -0.268. The highest BCUT2D eigenvalue weighted by Gasteiger charge is 2.38. The lowest BCUT2D eigenvalue weighted by Gasteiger charge is -2.41. The third kappa shape index (κ3) is 7.43. The third-order valence-corrected chi connectivity index (χ3v) is 7.82. The van der Waals surface area contributed by atoms with Gasteiger partial charge in [0, 0.05) is 29.1 Å². The van der Waals surface area contributed by atoms with E-state index in [1.807, 2.05) is 31.2 Å². The summed E-state index contributed by atoms with van der Waals surface area (Å²) >= 11 is 18.2. The number of aromatic carboxylic acids is 1. The molecule has 4 rings (SSSR count). The van der Waals surface area contributed by atoms with Crippen molar-refractivity contribution in [2.24, 2.45) is 5.92 Å². The highest BCUT2D eigenvalue weighted by Crippen LogP contribution is 2.43. The number of hydrogen-bond acceptors (Lipinski definition) is 7. The van der Waals surface area contributed by atoms with Gasteiger partial charge in [-0.1, -0.05) is 78.1 Å². The molecule has 0 spiro atoms. The van der Waals surface area contributed by atoms with Gasteiger partial charge in [0.1, 0.15) is 5.03 Å². The molecule has 4 unspecified atom stereocenters. The van der Waals surface area contributed by atoms with Gasteiger partial charge in [0.25, 0.3) is 9.70 Å². The minimum absolute atomic E-state index is 0.0660. The lowest BCUT2D eigenvalue weighted by Crippen LogP contribution is -2.38. The molecule has 3 N–H and O–H groups in total. The molecular weight excluding hydrogens is 587 g/mol. The Kier molecular flexibility index (Phi) is 9.77. The second kappa shape index (κ2) is 12.9. The number of aromatic nitrogens is 1. The van der Waals surface area contributed by atoms with Gasteiger partial charge in [-0.2, -0.15) is 0 Å². The number of benzene rings is 2. The third-order valence-electron chi connectivity index (χ3n) is 6.21. The largest absolute Gasteiger partial charge is 0.478 e. The Morgan fingerprint density at radius 3 is 2.31 bits per heavy atom. The van der Waals surface area contributed by atoms with Crippen molar-refractivity contribution >= 4 is 64.1 Å². The van der Waals surface area contributed by atoms with E-state index in [0.29, 0.717) is 22.0 Å². The van der Waals surface area contributed by atoms with Crippen molar-refractivity contribution in [2.45, 2.75) is 40.8 Å². The average molecular weight is 612 g/mol. The molecule has 1 saturated heterocycles. The molecule has 4 atom stereocenters. The highest BCUT2D eigenvalue weighted by atomic mass is 35.6. The predicted octanol–water partition coefficient (Wildman–Crippen LogP) is 6.16. The summed E-state index contributed by atoms with van der Waals surface area (Å²) in [5, 5.41) is 21.9. The standard InChI is InChI=1S/C27H25Cl3N2O6S/c1-15-21(14-39-23-20(24(34)35)3-2-12-31-23)37-25(38-22(15)17-6-4-16(13-33)5-7-17)18-8-10-19(11-9-18)32-26(36)27(28,29)30/h2-12,15,21-22,25,33H,13-14H2,1H3,(H,32,36)(H,34,35). The molecule has 0 aliphatic carbocycles. The van der Waals surface area contributed by atoms with Crippen molar-refractivity contribution in [1.82, 2.24) is 4.98 Å². The van der Waals surface area contributed by atoms with Crippen LogP contribution in [0.15, 0.2) is 71.9 Å². The smallest absolute Gasteiger partial charge is 0.338 e. The van der Waals surface area contributed by atoms with Crippen LogP contribution in [0.3, 0.4) is 0 Å². The Morgan fingerprint density at radius 1 is 1.03 bits per heavy atom. The molecule has 1 aliphatic heterocycles. The first kappa shape index (κ1) is 29.6. The number of pyridine rings is 1. The van der Waals surface area contributed by atoms with Gasteiger partial charge in [-0.3, -0.25) is 4.79 Å². The fraction of sp³-hybridized carbons (Fsp3) is 0.296. The van der Waals surface area contributed by atoms with E-state index in [2.05, 4.69) is 10.3 Å². The second-order valence-electron chi connectivity index (χ2n) is 8.87. The SMILES string of the molecule is CC1C(CSc2ncccc2C(=O)O)OC(c2ccc(NC(=O)C(Cl)(Cl)Cl)cc2)OC1c1ccc(CO)cc1. The Balaban J connectivity index is 1.58. The summed E-state index contributed by atoms with van der Waals surface area (Å²) in [6.45, 7) is 1.95. The van der Waals surface area contributed by atoms with E-state index in [1.165, 1.54) is 17.8 Å². The molecule has 1 fully saturated rings. The van der Waals surface area contributed by atoms with Crippen LogP contribution in [0.1, 0.15) is 46.4 Å². The average Bonchev–Trinajstić information content (AvgIpc) is 2.92. The van der Waals surface area contributed by atoms with Crippen LogP contribution in [0.4, 0.5) is 5.69 Å². The highest BCUT2D eigenvalue weighted by molar-refractivity contribution is 7.99. The normalized spacial score (nSPS) is 21.4. The number of carbonyl (C=O) groups is 2. The molecule has 0 bridgehead atoms. The van der Waals surface area contributed by atoms with Crippen LogP contribution in [0, 0.1) is 5.92 Å². The summed E-state index contributed by atoms with van der Waals surface area (Å²) in [6.07, 6.45) is 0.118. The van der Waals surface area contributed by atoms with Gasteiger partial charge in [0.15, 0.2) is 6.29 Å². The number of aliphatic hydroxyl groups excluding tert-OH is 1. The number of thioether (sulfide) groups is 1. The van der Waals surface area contributed by atoms with Gasteiger partial charge in [-0.25, -0.2) is 9.78 Å². The molecule has 8 nitrogen and oxygen atoms in total. The number of aliphatic hydroxyl groups is 1. The van der Waals surface area contributed by atoms with Crippen molar-refractivity contribution in [3.05, 3.63) is 89.1 Å². The second-order valence-corrected chi connectivity index (χ2v) is 12.2. The number of nitrogens with zero attached hydrogens (tertiary/aromatic N) is 1. The number of amides is 1. The van der Waals surface area contributed by atoms with Crippen molar-refractivity contribution < 1.29 is 29.3 Å². The summed E-state index contributed by atoms with van der Waals surface area (Å²) in [4.78, 5) is 27.9. The molecule has 1 amide bonds. The number of carboxylic acid groups (broad SMARTS) is 1. The molecule has 12 heteroatoms. The summed E-state index contributed by atoms with van der Waals surface area (Å²) in [5.41, 5.74) is 2.95. The Labute approximate surface area is 244 Å². The fourth-order valence-corrected chi connectivity index (χ4v) is 5.36.